The molecule has 2 nitrogen and oxygen atoms in total. The second-order valence-electron chi connectivity index (χ2n) is 5.93. The standard InChI is InChI=1S/C17H23NO/c1-12-10-16-11-15(14-6-8-19-9-7-14)4-5-17(16)18(3)13(12)2/h4-6,11-13H,7-10H2,1-3H3/t12-,13+/m1/s1. The number of benzene rings is 1. The Bertz CT molecular complexity index is 506. The highest BCUT2D eigenvalue weighted by atomic mass is 16.5. The molecule has 0 aliphatic carbocycles. The molecule has 2 atom stereocenters. The minimum Gasteiger partial charge on any atom is -0.377 e. The van der Waals surface area contributed by atoms with Gasteiger partial charge in [-0.2, -0.15) is 0 Å². The Morgan fingerprint density at radius 1 is 1.26 bits per heavy atom. The fraction of sp³-hybridized carbons (Fsp3) is 0.529. The van der Waals surface area contributed by atoms with Crippen molar-refractivity contribution in [3.63, 3.8) is 0 Å². The topological polar surface area (TPSA) is 12.5 Å². The molecule has 0 unspecified atom stereocenters. The van der Waals surface area contributed by atoms with Crippen LogP contribution in [0.1, 0.15) is 31.4 Å². The van der Waals surface area contributed by atoms with E-state index >= 15 is 0 Å². The zero-order valence-corrected chi connectivity index (χ0v) is 12.1. The first-order valence-electron chi connectivity index (χ1n) is 7.29. The van der Waals surface area contributed by atoms with E-state index in [4.69, 9.17) is 4.74 Å². The minimum absolute atomic E-state index is 0.626. The van der Waals surface area contributed by atoms with Crippen molar-refractivity contribution < 1.29 is 4.74 Å². The fourth-order valence-corrected chi connectivity index (χ4v) is 3.20. The molecule has 0 fully saturated rings. The third kappa shape index (κ3) is 2.30. The van der Waals surface area contributed by atoms with Crippen LogP contribution >= 0.6 is 0 Å². The molecular weight excluding hydrogens is 234 g/mol. The minimum atomic E-state index is 0.626. The third-order valence-electron chi connectivity index (χ3n) is 4.77. The van der Waals surface area contributed by atoms with E-state index in [0.717, 1.165) is 25.6 Å². The highest BCUT2D eigenvalue weighted by molar-refractivity contribution is 5.70. The van der Waals surface area contributed by atoms with E-state index < -0.39 is 0 Å². The van der Waals surface area contributed by atoms with Crippen molar-refractivity contribution in [3.8, 4) is 0 Å². The second kappa shape index (κ2) is 5.01. The van der Waals surface area contributed by atoms with Gasteiger partial charge < -0.3 is 9.64 Å². The van der Waals surface area contributed by atoms with E-state index in [1.807, 2.05) is 0 Å². The van der Waals surface area contributed by atoms with E-state index in [2.05, 4.69) is 50.1 Å². The summed E-state index contributed by atoms with van der Waals surface area (Å²) in [7, 11) is 2.21. The molecule has 102 valence electrons. The average Bonchev–Trinajstić information content (AvgIpc) is 2.45. The SMILES string of the molecule is C[C@@H]1Cc2cc(C3=CCOCC3)ccc2N(C)[C@H]1C. The summed E-state index contributed by atoms with van der Waals surface area (Å²) in [5.41, 5.74) is 5.74. The molecule has 2 heteroatoms. The van der Waals surface area contributed by atoms with Crippen LogP contribution in [0.3, 0.4) is 0 Å². The first-order chi connectivity index (χ1) is 9.16. The van der Waals surface area contributed by atoms with Crippen molar-refractivity contribution in [3.05, 3.63) is 35.4 Å². The van der Waals surface area contributed by atoms with Crippen molar-refractivity contribution >= 4 is 11.3 Å². The van der Waals surface area contributed by atoms with Crippen LogP contribution in [0.25, 0.3) is 5.57 Å². The smallest absolute Gasteiger partial charge is 0.0653 e. The number of hydrogen-bond acceptors (Lipinski definition) is 2. The van der Waals surface area contributed by atoms with Gasteiger partial charge in [-0.3, -0.25) is 0 Å². The lowest BCUT2D eigenvalue weighted by Gasteiger charge is -2.38. The van der Waals surface area contributed by atoms with E-state index in [0.29, 0.717) is 6.04 Å². The number of fused-ring (bicyclic) bond motifs is 1. The first-order valence-corrected chi connectivity index (χ1v) is 7.29. The van der Waals surface area contributed by atoms with Gasteiger partial charge in [0.2, 0.25) is 0 Å². The molecule has 0 aromatic heterocycles. The molecule has 0 spiro atoms. The van der Waals surface area contributed by atoms with Crippen molar-refractivity contribution in [2.75, 3.05) is 25.2 Å². The van der Waals surface area contributed by atoms with Crippen molar-refractivity contribution in [2.24, 2.45) is 5.92 Å². The summed E-state index contributed by atoms with van der Waals surface area (Å²) >= 11 is 0. The molecule has 2 heterocycles. The Morgan fingerprint density at radius 3 is 2.84 bits per heavy atom. The monoisotopic (exact) mass is 257 g/mol. The van der Waals surface area contributed by atoms with Crippen molar-refractivity contribution in [1.82, 2.24) is 0 Å². The summed E-state index contributed by atoms with van der Waals surface area (Å²) in [6, 6.07) is 7.59. The fourth-order valence-electron chi connectivity index (χ4n) is 3.20. The second-order valence-corrected chi connectivity index (χ2v) is 5.93. The molecule has 2 aliphatic heterocycles. The van der Waals surface area contributed by atoms with Crippen LogP contribution in [0.15, 0.2) is 24.3 Å². The summed E-state index contributed by atoms with van der Waals surface area (Å²) in [5, 5.41) is 0. The first kappa shape index (κ1) is 12.7. The summed E-state index contributed by atoms with van der Waals surface area (Å²) < 4.78 is 5.40. The highest BCUT2D eigenvalue weighted by Crippen LogP contribution is 2.35. The van der Waals surface area contributed by atoms with E-state index in [-0.39, 0.29) is 0 Å². The van der Waals surface area contributed by atoms with Crippen LogP contribution in [0.5, 0.6) is 0 Å². The van der Waals surface area contributed by atoms with Crippen LogP contribution in [-0.2, 0) is 11.2 Å². The Kier molecular flexibility index (Phi) is 3.36. The molecule has 2 aliphatic rings. The van der Waals surface area contributed by atoms with Crippen LogP contribution in [0, 0.1) is 5.92 Å². The van der Waals surface area contributed by atoms with E-state index in [9.17, 15) is 0 Å². The summed E-state index contributed by atoms with van der Waals surface area (Å²) in [4.78, 5) is 2.42. The van der Waals surface area contributed by atoms with Gasteiger partial charge in [0.15, 0.2) is 0 Å². The summed E-state index contributed by atoms with van der Waals surface area (Å²) in [6.07, 6.45) is 4.46. The molecule has 0 N–H and O–H groups in total. The molecule has 19 heavy (non-hydrogen) atoms. The third-order valence-corrected chi connectivity index (χ3v) is 4.77. The van der Waals surface area contributed by atoms with Gasteiger partial charge in [0, 0.05) is 18.8 Å². The van der Waals surface area contributed by atoms with Crippen LogP contribution in [0.2, 0.25) is 0 Å². The van der Waals surface area contributed by atoms with Gasteiger partial charge in [0.25, 0.3) is 0 Å². The molecule has 0 radical (unpaired) electrons. The molecular formula is C17H23NO. The summed E-state index contributed by atoms with van der Waals surface area (Å²) in [5.74, 6) is 0.719. The quantitative estimate of drug-likeness (QED) is 0.763. The normalized spacial score (nSPS) is 26.9. The zero-order valence-electron chi connectivity index (χ0n) is 12.1. The van der Waals surface area contributed by atoms with Gasteiger partial charge in [0.05, 0.1) is 13.2 Å². The van der Waals surface area contributed by atoms with Crippen LogP contribution < -0.4 is 4.90 Å². The molecule has 3 rings (SSSR count). The lowest BCUT2D eigenvalue weighted by molar-refractivity contribution is 0.161. The average molecular weight is 257 g/mol. The number of ether oxygens (including phenoxy) is 1. The van der Waals surface area contributed by atoms with E-state index in [1.54, 1.807) is 0 Å². The van der Waals surface area contributed by atoms with Gasteiger partial charge in [-0.15, -0.1) is 0 Å². The van der Waals surface area contributed by atoms with Crippen LogP contribution in [-0.4, -0.2) is 26.3 Å². The molecule has 0 saturated carbocycles. The molecule has 1 aromatic carbocycles. The van der Waals surface area contributed by atoms with E-state index in [1.165, 1.54) is 28.8 Å². The maximum Gasteiger partial charge on any atom is 0.0653 e. The van der Waals surface area contributed by atoms with Gasteiger partial charge >= 0.3 is 0 Å². The molecule has 0 amide bonds. The number of rotatable bonds is 1. The Hall–Kier alpha value is -1.28. The predicted octanol–water partition coefficient (Wildman–Crippen LogP) is 3.51. The largest absolute Gasteiger partial charge is 0.377 e. The molecule has 0 saturated heterocycles. The Labute approximate surface area is 116 Å². The Morgan fingerprint density at radius 2 is 2.11 bits per heavy atom. The highest BCUT2D eigenvalue weighted by Gasteiger charge is 2.26. The lowest BCUT2D eigenvalue weighted by atomic mass is 9.86. The molecule has 0 bridgehead atoms. The summed E-state index contributed by atoms with van der Waals surface area (Å²) in [6.45, 7) is 6.29. The van der Waals surface area contributed by atoms with Gasteiger partial charge in [-0.25, -0.2) is 0 Å². The number of anilines is 1. The number of nitrogens with zero attached hydrogens (tertiary/aromatic N) is 1. The Balaban J connectivity index is 1.96. The van der Waals surface area contributed by atoms with Crippen molar-refractivity contribution in [2.45, 2.75) is 32.7 Å². The lowest BCUT2D eigenvalue weighted by Crippen LogP contribution is -2.39. The van der Waals surface area contributed by atoms with Gasteiger partial charge in [0.1, 0.15) is 0 Å². The number of hydrogen-bond donors (Lipinski definition) is 0. The molecule has 1 aromatic rings. The van der Waals surface area contributed by atoms with Crippen molar-refractivity contribution in [1.29, 1.82) is 0 Å². The predicted molar refractivity (Wildman–Crippen MR) is 80.6 cm³/mol. The van der Waals surface area contributed by atoms with Crippen LogP contribution in [0.4, 0.5) is 5.69 Å². The maximum atomic E-state index is 5.40. The zero-order chi connectivity index (χ0) is 13.4. The maximum absolute atomic E-state index is 5.40. The van der Waals surface area contributed by atoms with Gasteiger partial charge in [-0.1, -0.05) is 19.1 Å². The van der Waals surface area contributed by atoms with Gasteiger partial charge in [-0.05, 0) is 54.5 Å².